The van der Waals surface area contributed by atoms with Crippen LogP contribution in [0.2, 0.25) is 0 Å². The summed E-state index contributed by atoms with van der Waals surface area (Å²) in [4.78, 5) is 11.5. The zero-order valence-corrected chi connectivity index (χ0v) is 13.6. The molecule has 1 unspecified atom stereocenters. The van der Waals surface area contributed by atoms with E-state index in [1.165, 1.54) is 6.08 Å². The van der Waals surface area contributed by atoms with Crippen LogP contribution in [0.25, 0.3) is 0 Å². The lowest BCUT2D eigenvalue weighted by atomic mass is 9.69. The zero-order valence-electron chi connectivity index (χ0n) is 13.6. The topological polar surface area (TPSA) is 80.6 Å². The summed E-state index contributed by atoms with van der Waals surface area (Å²) >= 11 is 0. The van der Waals surface area contributed by atoms with Crippen LogP contribution >= 0.6 is 0 Å². The molecule has 0 fully saturated rings. The van der Waals surface area contributed by atoms with Crippen LogP contribution in [0.15, 0.2) is 61.2 Å². The minimum atomic E-state index is -1.17. The van der Waals surface area contributed by atoms with E-state index in [2.05, 4.69) is 6.58 Å². The van der Waals surface area contributed by atoms with E-state index in [0.717, 1.165) is 0 Å². The van der Waals surface area contributed by atoms with Gasteiger partial charge in [-0.2, -0.15) is 0 Å². The Morgan fingerprint density at radius 2 is 1.58 bits per heavy atom. The Labute approximate surface area is 141 Å². The van der Waals surface area contributed by atoms with E-state index in [1.807, 2.05) is 6.92 Å². The van der Waals surface area contributed by atoms with Crippen LogP contribution in [0.5, 0.6) is 11.5 Å². The molecule has 4 heteroatoms. The number of phenols is 2. The van der Waals surface area contributed by atoms with Crippen molar-refractivity contribution in [2.75, 3.05) is 0 Å². The predicted molar refractivity (Wildman–Crippen MR) is 90.6 cm³/mol. The van der Waals surface area contributed by atoms with Crippen molar-refractivity contribution in [2.24, 2.45) is 5.92 Å². The molecule has 0 heterocycles. The first-order chi connectivity index (χ1) is 11.4. The highest BCUT2D eigenvalue weighted by Crippen LogP contribution is 2.45. The van der Waals surface area contributed by atoms with Gasteiger partial charge in [-0.3, -0.25) is 0 Å². The molecule has 0 aromatic heterocycles. The van der Waals surface area contributed by atoms with Gasteiger partial charge in [0.25, 0.3) is 0 Å². The summed E-state index contributed by atoms with van der Waals surface area (Å²) in [7, 11) is 0. The van der Waals surface area contributed by atoms with E-state index in [9.17, 15) is 20.1 Å². The third kappa shape index (κ3) is 3.43. The Morgan fingerprint density at radius 3 is 1.96 bits per heavy atom. The van der Waals surface area contributed by atoms with Gasteiger partial charge < -0.3 is 20.1 Å². The number of rotatable bonds is 7. The number of allylic oxidation sites excluding steroid dienone is 1. The maximum atomic E-state index is 11.5. The van der Waals surface area contributed by atoms with E-state index in [-0.39, 0.29) is 24.3 Å². The Hall–Kier alpha value is -2.75. The van der Waals surface area contributed by atoms with E-state index >= 15 is 0 Å². The molecule has 126 valence electrons. The first-order valence-electron chi connectivity index (χ1n) is 7.79. The maximum Gasteiger partial charge on any atom is 0.119 e. The minimum Gasteiger partial charge on any atom is -0.550 e. The number of carboxylic acids is 1. The van der Waals surface area contributed by atoms with E-state index < -0.39 is 17.3 Å². The summed E-state index contributed by atoms with van der Waals surface area (Å²) in [5.41, 5.74) is 0.216. The highest BCUT2D eigenvalue weighted by atomic mass is 16.4. The summed E-state index contributed by atoms with van der Waals surface area (Å²) in [6, 6.07) is 13.5. The molecule has 0 amide bonds. The van der Waals surface area contributed by atoms with Crippen LogP contribution in [0, 0.1) is 5.92 Å². The van der Waals surface area contributed by atoms with E-state index in [0.29, 0.717) is 11.1 Å². The van der Waals surface area contributed by atoms with Gasteiger partial charge in [-0.1, -0.05) is 49.4 Å². The molecular weight excluding hydrogens is 304 g/mol. The molecule has 0 saturated carbocycles. The molecule has 0 aliphatic heterocycles. The molecule has 4 nitrogen and oxygen atoms in total. The number of carbonyl (C=O) groups excluding carboxylic acids is 1. The molecule has 1 atom stereocenters. The second kappa shape index (κ2) is 7.21. The molecule has 0 aliphatic carbocycles. The smallest absolute Gasteiger partial charge is 0.119 e. The van der Waals surface area contributed by atoms with Gasteiger partial charge in [0.2, 0.25) is 0 Å². The van der Waals surface area contributed by atoms with Crippen molar-refractivity contribution >= 4 is 5.97 Å². The van der Waals surface area contributed by atoms with Crippen molar-refractivity contribution in [1.29, 1.82) is 0 Å². The summed E-state index contributed by atoms with van der Waals surface area (Å²) in [5, 5.41) is 32.1. The Kier molecular flexibility index (Phi) is 5.29. The van der Waals surface area contributed by atoms with Gasteiger partial charge in [0.05, 0.1) is 0 Å². The van der Waals surface area contributed by atoms with Gasteiger partial charge >= 0.3 is 0 Å². The standard InChI is InChI=1S/C20H22O4/c1-3-8-14(19(23)24)13-20(2,15-9-4-6-11-17(15)21)16-10-5-7-12-18(16)22/h3-7,9-12,14,21-22H,1,8,13H2,2H3,(H,23,24)/p-1. The average Bonchev–Trinajstić information content (AvgIpc) is 2.55. The maximum absolute atomic E-state index is 11.5. The largest absolute Gasteiger partial charge is 0.550 e. The predicted octanol–water partition coefficient (Wildman–Crippen LogP) is 2.74. The van der Waals surface area contributed by atoms with Gasteiger partial charge in [0.15, 0.2) is 0 Å². The number of carboxylic acid groups (broad SMARTS) is 1. The molecule has 2 N–H and O–H groups in total. The highest BCUT2D eigenvalue weighted by molar-refractivity contribution is 5.68. The SMILES string of the molecule is C=CCC(CC(C)(c1ccccc1O)c1ccccc1O)C(=O)[O-]. The third-order valence-electron chi connectivity index (χ3n) is 4.44. The first-order valence-corrected chi connectivity index (χ1v) is 7.79. The summed E-state index contributed by atoms with van der Waals surface area (Å²) < 4.78 is 0. The number of hydrogen-bond donors (Lipinski definition) is 2. The van der Waals surface area contributed by atoms with Crippen LogP contribution in [-0.4, -0.2) is 16.2 Å². The fraction of sp³-hybridized carbons (Fsp3) is 0.250. The molecule has 0 aliphatic rings. The van der Waals surface area contributed by atoms with Gasteiger partial charge in [-0.05, 0) is 25.0 Å². The third-order valence-corrected chi connectivity index (χ3v) is 4.44. The van der Waals surface area contributed by atoms with Crippen molar-refractivity contribution in [3.05, 3.63) is 72.3 Å². The van der Waals surface area contributed by atoms with Crippen molar-refractivity contribution in [3.63, 3.8) is 0 Å². The first kappa shape index (κ1) is 17.6. The molecule has 2 rings (SSSR count). The van der Waals surface area contributed by atoms with Crippen LogP contribution < -0.4 is 5.11 Å². The average molecular weight is 325 g/mol. The summed E-state index contributed by atoms with van der Waals surface area (Å²) in [5.74, 6) is -1.85. The van der Waals surface area contributed by atoms with Gasteiger partial charge in [0.1, 0.15) is 11.5 Å². The molecule has 0 radical (unpaired) electrons. The van der Waals surface area contributed by atoms with Crippen LogP contribution in [-0.2, 0) is 10.2 Å². The highest BCUT2D eigenvalue weighted by Gasteiger charge is 2.36. The molecule has 0 bridgehead atoms. The normalized spacial score (nSPS) is 12.5. The van der Waals surface area contributed by atoms with E-state index in [1.54, 1.807) is 48.5 Å². The lowest BCUT2D eigenvalue weighted by molar-refractivity contribution is -0.312. The van der Waals surface area contributed by atoms with Crippen molar-refractivity contribution < 1.29 is 20.1 Å². The molecular formula is C20H21O4-. The van der Waals surface area contributed by atoms with Crippen LogP contribution in [0.1, 0.15) is 30.9 Å². The fourth-order valence-corrected chi connectivity index (χ4v) is 3.20. The molecule has 24 heavy (non-hydrogen) atoms. The number of phenolic OH excluding ortho intramolecular Hbond substituents is 2. The Bertz CT molecular complexity index is 690. The van der Waals surface area contributed by atoms with Crippen molar-refractivity contribution in [2.45, 2.75) is 25.2 Å². The minimum absolute atomic E-state index is 0.0546. The fourth-order valence-electron chi connectivity index (χ4n) is 3.20. The lowest BCUT2D eigenvalue weighted by Gasteiger charge is -2.35. The number of carbonyl (C=O) groups is 1. The monoisotopic (exact) mass is 325 g/mol. The van der Waals surface area contributed by atoms with E-state index in [4.69, 9.17) is 0 Å². The molecule has 2 aromatic carbocycles. The van der Waals surface area contributed by atoms with Gasteiger partial charge in [-0.25, -0.2) is 0 Å². The lowest BCUT2D eigenvalue weighted by Crippen LogP contribution is -2.37. The van der Waals surface area contributed by atoms with Crippen LogP contribution in [0.3, 0.4) is 0 Å². The Morgan fingerprint density at radius 1 is 1.12 bits per heavy atom. The second-order valence-corrected chi connectivity index (χ2v) is 6.11. The number of aromatic hydroxyl groups is 2. The summed E-state index contributed by atoms with van der Waals surface area (Å²) in [6.45, 7) is 5.42. The Balaban J connectivity index is 2.62. The number of hydrogen-bond acceptors (Lipinski definition) is 4. The number of benzene rings is 2. The number of aliphatic carboxylic acids is 1. The van der Waals surface area contributed by atoms with Crippen molar-refractivity contribution in [3.8, 4) is 11.5 Å². The number of para-hydroxylation sites is 2. The summed E-state index contributed by atoms with van der Waals surface area (Å²) in [6.07, 6.45) is 1.95. The van der Waals surface area contributed by atoms with Crippen LogP contribution in [0.4, 0.5) is 0 Å². The molecule has 0 saturated heterocycles. The quantitative estimate of drug-likeness (QED) is 0.767. The zero-order chi connectivity index (χ0) is 17.7. The molecule has 0 spiro atoms. The van der Waals surface area contributed by atoms with Crippen molar-refractivity contribution in [1.82, 2.24) is 0 Å². The van der Waals surface area contributed by atoms with Gasteiger partial charge in [-0.15, -0.1) is 6.58 Å². The van der Waals surface area contributed by atoms with Gasteiger partial charge in [0, 0.05) is 28.4 Å². The second-order valence-electron chi connectivity index (χ2n) is 6.11. The molecule has 2 aromatic rings.